The molecule has 0 aromatic heterocycles. The molecule has 1 aliphatic rings. The van der Waals surface area contributed by atoms with E-state index in [1.54, 1.807) is 0 Å². The van der Waals surface area contributed by atoms with Crippen LogP contribution in [0.15, 0.2) is 0 Å². The van der Waals surface area contributed by atoms with E-state index in [0.717, 1.165) is 17.9 Å². The summed E-state index contributed by atoms with van der Waals surface area (Å²) in [5.74, 6) is 1.85. The van der Waals surface area contributed by atoms with Gasteiger partial charge in [-0.15, -0.1) is 0 Å². The first kappa shape index (κ1) is 14.0. The predicted molar refractivity (Wildman–Crippen MR) is 72.7 cm³/mol. The molecule has 0 radical (unpaired) electrons. The minimum absolute atomic E-state index is 0.834. The van der Waals surface area contributed by atoms with Crippen LogP contribution in [0.3, 0.4) is 0 Å². The highest BCUT2D eigenvalue weighted by molar-refractivity contribution is 4.80. The Bertz CT molecular complexity index is 165. The van der Waals surface area contributed by atoms with Gasteiger partial charge >= 0.3 is 0 Å². The van der Waals surface area contributed by atoms with Gasteiger partial charge < -0.3 is 5.32 Å². The Morgan fingerprint density at radius 3 is 2.62 bits per heavy atom. The lowest BCUT2D eigenvalue weighted by molar-refractivity contribution is 0.242. The van der Waals surface area contributed by atoms with E-state index in [-0.39, 0.29) is 0 Å². The fraction of sp³-hybridized carbons (Fsp3) is 1.00. The molecule has 0 saturated heterocycles. The third-order valence-corrected chi connectivity index (χ3v) is 3.92. The van der Waals surface area contributed by atoms with Gasteiger partial charge in [0.15, 0.2) is 0 Å². The molecule has 2 unspecified atom stereocenters. The van der Waals surface area contributed by atoms with Crippen LogP contribution in [0.5, 0.6) is 0 Å². The molecule has 0 aliphatic heterocycles. The quantitative estimate of drug-likeness (QED) is 0.678. The topological polar surface area (TPSA) is 12.0 Å². The van der Waals surface area contributed by atoms with Crippen molar-refractivity contribution >= 4 is 0 Å². The normalized spacial score (nSPS) is 26.2. The second kappa shape index (κ2) is 8.11. The molecule has 0 bridgehead atoms. The molecule has 0 aromatic carbocycles. The maximum absolute atomic E-state index is 3.76. The summed E-state index contributed by atoms with van der Waals surface area (Å²) in [4.78, 5) is 0. The SMILES string of the molecule is CCCNC1CCCCC1CCCC(C)C. The van der Waals surface area contributed by atoms with Crippen molar-refractivity contribution in [3.8, 4) is 0 Å². The van der Waals surface area contributed by atoms with Gasteiger partial charge in [0.1, 0.15) is 0 Å². The van der Waals surface area contributed by atoms with Crippen LogP contribution in [-0.4, -0.2) is 12.6 Å². The highest BCUT2D eigenvalue weighted by atomic mass is 14.9. The molecule has 1 heteroatoms. The van der Waals surface area contributed by atoms with Crippen LogP contribution in [-0.2, 0) is 0 Å². The second-order valence-electron chi connectivity index (χ2n) is 5.93. The Kier molecular flexibility index (Phi) is 7.11. The second-order valence-corrected chi connectivity index (χ2v) is 5.93. The van der Waals surface area contributed by atoms with Crippen LogP contribution in [0, 0.1) is 11.8 Å². The summed E-state index contributed by atoms with van der Waals surface area (Å²) in [6, 6.07) is 0.834. The first-order valence-electron chi connectivity index (χ1n) is 7.47. The summed E-state index contributed by atoms with van der Waals surface area (Å²) in [7, 11) is 0. The summed E-state index contributed by atoms with van der Waals surface area (Å²) in [6.45, 7) is 8.16. The van der Waals surface area contributed by atoms with E-state index >= 15 is 0 Å². The zero-order chi connectivity index (χ0) is 11.8. The molecule has 2 atom stereocenters. The van der Waals surface area contributed by atoms with Crippen LogP contribution in [0.4, 0.5) is 0 Å². The maximum atomic E-state index is 3.76. The molecule has 1 saturated carbocycles. The van der Waals surface area contributed by atoms with Crippen molar-refractivity contribution in [3.05, 3.63) is 0 Å². The van der Waals surface area contributed by atoms with E-state index in [0.29, 0.717) is 0 Å². The molecule has 1 aliphatic carbocycles. The first-order valence-corrected chi connectivity index (χ1v) is 7.47. The summed E-state index contributed by atoms with van der Waals surface area (Å²) >= 11 is 0. The molecule has 96 valence electrons. The average Bonchev–Trinajstić information content (AvgIpc) is 2.27. The van der Waals surface area contributed by atoms with Gasteiger partial charge in [0.2, 0.25) is 0 Å². The Morgan fingerprint density at radius 2 is 1.94 bits per heavy atom. The molecule has 1 fully saturated rings. The predicted octanol–water partition coefficient (Wildman–Crippen LogP) is 4.37. The summed E-state index contributed by atoms with van der Waals surface area (Å²) in [6.07, 6.45) is 11.4. The van der Waals surface area contributed by atoms with Crippen molar-refractivity contribution in [2.24, 2.45) is 11.8 Å². The molecular formula is C15H31N. The van der Waals surface area contributed by atoms with Gasteiger partial charge in [-0.05, 0) is 44.1 Å². The van der Waals surface area contributed by atoms with Crippen molar-refractivity contribution in [3.63, 3.8) is 0 Å². The monoisotopic (exact) mass is 225 g/mol. The van der Waals surface area contributed by atoms with E-state index in [4.69, 9.17) is 0 Å². The fourth-order valence-electron chi connectivity index (χ4n) is 2.94. The molecule has 0 amide bonds. The van der Waals surface area contributed by atoms with Crippen molar-refractivity contribution in [2.45, 2.75) is 78.2 Å². The fourth-order valence-corrected chi connectivity index (χ4v) is 2.94. The summed E-state index contributed by atoms with van der Waals surface area (Å²) in [5, 5.41) is 3.76. The van der Waals surface area contributed by atoms with E-state index in [1.165, 1.54) is 57.9 Å². The zero-order valence-electron chi connectivity index (χ0n) is 11.6. The van der Waals surface area contributed by atoms with Gasteiger partial charge in [0.25, 0.3) is 0 Å². The molecule has 1 N–H and O–H groups in total. The van der Waals surface area contributed by atoms with Crippen LogP contribution in [0.1, 0.15) is 72.1 Å². The standard InChI is InChI=1S/C15H31N/c1-4-12-16-15-11-6-5-9-14(15)10-7-8-13(2)3/h13-16H,4-12H2,1-3H3. The lowest BCUT2D eigenvalue weighted by Gasteiger charge is -2.32. The van der Waals surface area contributed by atoms with Crippen molar-refractivity contribution in [1.29, 1.82) is 0 Å². The summed E-state index contributed by atoms with van der Waals surface area (Å²) < 4.78 is 0. The smallest absolute Gasteiger partial charge is 0.00953 e. The Balaban J connectivity index is 2.23. The van der Waals surface area contributed by atoms with Crippen molar-refractivity contribution in [1.82, 2.24) is 5.32 Å². The lowest BCUT2D eigenvalue weighted by Crippen LogP contribution is -2.38. The Morgan fingerprint density at radius 1 is 1.19 bits per heavy atom. The largest absolute Gasteiger partial charge is 0.314 e. The van der Waals surface area contributed by atoms with Crippen LogP contribution < -0.4 is 5.32 Å². The summed E-state index contributed by atoms with van der Waals surface area (Å²) in [5.41, 5.74) is 0. The molecule has 16 heavy (non-hydrogen) atoms. The van der Waals surface area contributed by atoms with Gasteiger partial charge in [0.05, 0.1) is 0 Å². The lowest BCUT2D eigenvalue weighted by atomic mass is 9.81. The molecule has 0 spiro atoms. The molecular weight excluding hydrogens is 194 g/mol. The minimum atomic E-state index is 0.834. The van der Waals surface area contributed by atoms with Crippen LogP contribution in [0.25, 0.3) is 0 Å². The van der Waals surface area contributed by atoms with E-state index < -0.39 is 0 Å². The van der Waals surface area contributed by atoms with Gasteiger partial charge in [-0.25, -0.2) is 0 Å². The third kappa shape index (κ3) is 5.34. The first-order chi connectivity index (χ1) is 7.74. The van der Waals surface area contributed by atoms with Crippen molar-refractivity contribution in [2.75, 3.05) is 6.54 Å². The van der Waals surface area contributed by atoms with E-state index in [9.17, 15) is 0 Å². The number of hydrogen-bond donors (Lipinski definition) is 1. The van der Waals surface area contributed by atoms with Gasteiger partial charge in [0, 0.05) is 6.04 Å². The van der Waals surface area contributed by atoms with Crippen LogP contribution in [0.2, 0.25) is 0 Å². The Hall–Kier alpha value is -0.0400. The van der Waals surface area contributed by atoms with Gasteiger partial charge in [-0.3, -0.25) is 0 Å². The average molecular weight is 225 g/mol. The third-order valence-electron chi connectivity index (χ3n) is 3.92. The minimum Gasteiger partial charge on any atom is -0.314 e. The number of rotatable bonds is 7. The van der Waals surface area contributed by atoms with Gasteiger partial charge in [-0.2, -0.15) is 0 Å². The van der Waals surface area contributed by atoms with E-state index in [2.05, 4.69) is 26.1 Å². The highest BCUT2D eigenvalue weighted by Crippen LogP contribution is 2.29. The molecule has 0 aromatic rings. The van der Waals surface area contributed by atoms with E-state index in [1.807, 2.05) is 0 Å². The number of nitrogens with one attached hydrogen (secondary N) is 1. The van der Waals surface area contributed by atoms with Crippen molar-refractivity contribution < 1.29 is 0 Å². The van der Waals surface area contributed by atoms with Gasteiger partial charge in [-0.1, -0.05) is 46.5 Å². The number of hydrogen-bond acceptors (Lipinski definition) is 1. The zero-order valence-corrected chi connectivity index (χ0v) is 11.6. The molecule has 1 rings (SSSR count). The highest BCUT2D eigenvalue weighted by Gasteiger charge is 2.23. The molecule has 0 heterocycles. The van der Waals surface area contributed by atoms with Crippen LogP contribution >= 0.6 is 0 Å². The molecule has 1 nitrogen and oxygen atoms in total. The maximum Gasteiger partial charge on any atom is 0.00953 e. The Labute approximate surface area is 102 Å².